The molecule has 1 aromatic heterocycles. The van der Waals surface area contributed by atoms with Gasteiger partial charge in [-0.25, -0.2) is 9.79 Å². The lowest BCUT2D eigenvalue weighted by Crippen LogP contribution is -2.38. The van der Waals surface area contributed by atoms with Gasteiger partial charge in [0.2, 0.25) is 5.91 Å². The molecule has 0 radical (unpaired) electrons. The Hall–Kier alpha value is -4.41. The summed E-state index contributed by atoms with van der Waals surface area (Å²) in [5.41, 5.74) is 4.32. The molecule has 10 heteroatoms. The number of esters is 1. The van der Waals surface area contributed by atoms with Crippen LogP contribution in [0.15, 0.2) is 106 Å². The molecular weight excluding hydrogens is 552 g/mol. The highest BCUT2D eigenvalue weighted by molar-refractivity contribution is 8.16. The van der Waals surface area contributed by atoms with Gasteiger partial charge in [-0.3, -0.25) is 9.78 Å². The van der Waals surface area contributed by atoms with Crippen molar-refractivity contribution in [2.45, 2.75) is 32.5 Å². The van der Waals surface area contributed by atoms with E-state index in [-0.39, 0.29) is 25.5 Å². The first kappa shape index (κ1) is 29.1. The molecule has 5 rings (SSSR count). The average Bonchev–Trinajstić information content (AvgIpc) is 3.41. The lowest BCUT2D eigenvalue weighted by atomic mass is 9.93. The molecule has 2 aliphatic rings. The maximum atomic E-state index is 13.5. The number of carbonyl (C=O) groups excluding carboxylic acids is 2. The molecule has 216 valence electrons. The number of methoxy groups -OCH3 is 1. The van der Waals surface area contributed by atoms with Crippen molar-refractivity contribution in [3.05, 3.63) is 118 Å². The maximum absolute atomic E-state index is 13.5. The summed E-state index contributed by atoms with van der Waals surface area (Å²) in [7, 11) is 1.55. The van der Waals surface area contributed by atoms with E-state index in [2.05, 4.69) is 10.3 Å². The summed E-state index contributed by atoms with van der Waals surface area (Å²) in [6.07, 6.45) is 1.79. The van der Waals surface area contributed by atoms with Gasteiger partial charge in [0.05, 0.1) is 42.6 Å². The number of nitrogens with zero attached hydrogens (tertiary/aromatic N) is 3. The first-order chi connectivity index (χ1) is 20.5. The predicted octanol–water partition coefficient (Wildman–Crippen LogP) is 5.13. The van der Waals surface area contributed by atoms with Crippen molar-refractivity contribution in [1.82, 2.24) is 15.2 Å². The summed E-state index contributed by atoms with van der Waals surface area (Å²) in [6, 6.07) is 22.6. The van der Waals surface area contributed by atoms with Gasteiger partial charge in [-0.1, -0.05) is 60.3 Å². The number of rotatable bonds is 12. The Morgan fingerprint density at radius 1 is 1.02 bits per heavy atom. The third kappa shape index (κ3) is 7.07. The lowest BCUT2D eigenvalue weighted by molar-refractivity contribution is -0.141. The van der Waals surface area contributed by atoms with Crippen molar-refractivity contribution >= 4 is 28.8 Å². The van der Waals surface area contributed by atoms with E-state index in [9.17, 15) is 9.59 Å². The molecule has 1 amide bonds. The second-order valence-electron chi connectivity index (χ2n) is 9.64. The molecule has 0 bridgehead atoms. The lowest BCUT2D eigenvalue weighted by Gasteiger charge is -2.36. The fourth-order valence-corrected chi connectivity index (χ4v) is 5.64. The first-order valence-electron chi connectivity index (χ1n) is 13.6. The second kappa shape index (κ2) is 14.0. The summed E-state index contributed by atoms with van der Waals surface area (Å²) in [6.45, 7) is 2.92. The van der Waals surface area contributed by atoms with E-state index in [4.69, 9.17) is 19.2 Å². The predicted molar refractivity (Wildman–Crippen MR) is 161 cm³/mol. The van der Waals surface area contributed by atoms with Crippen LogP contribution in [0.1, 0.15) is 36.2 Å². The van der Waals surface area contributed by atoms with Crippen LogP contribution in [0.25, 0.3) is 0 Å². The number of fused-ring (bicyclic) bond motifs is 1. The topological polar surface area (TPSA) is 102 Å². The standard InChI is InChI=1S/C32H32N4O5S/c1-22-29(31(38)40-16-15-39-2)30(24-11-8-13-27(17-24)41-20-23-9-4-3-5-10-23)36-26(21-42-32(36)35-22)18-28(37)34-19-25-12-6-7-14-33-25/h3-14,17,21,30H,15-16,18-20H2,1-2H3,(H,34,37). The molecule has 2 aromatic carbocycles. The molecule has 1 unspecified atom stereocenters. The van der Waals surface area contributed by atoms with Crippen molar-refractivity contribution in [1.29, 1.82) is 0 Å². The molecule has 42 heavy (non-hydrogen) atoms. The number of aliphatic imine (C=N–C) groups is 1. The first-order valence-corrected chi connectivity index (χ1v) is 14.4. The molecule has 0 saturated heterocycles. The molecule has 0 spiro atoms. The zero-order valence-electron chi connectivity index (χ0n) is 23.5. The van der Waals surface area contributed by atoms with Crippen LogP contribution in [0.2, 0.25) is 0 Å². The van der Waals surface area contributed by atoms with E-state index in [0.717, 1.165) is 22.5 Å². The minimum absolute atomic E-state index is 0.102. The Balaban J connectivity index is 1.41. The minimum atomic E-state index is -0.572. The Bertz CT molecular complexity index is 1510. The van der Waals surface area contributed by atoms with Gasteiger partial charge < -0.3 is 24.4 Å². The average molecular weight is 585 g/mol. The number of hydrogen-bond donors (Lipinski definition) is 1. The van der Waals surface area contributed by atoms with Crippen LogP contribution in [-0.4, -0.2) is 47.3 Å². The highest BCUT2D eigenvalue weighted by Crippen LogP contribution is 2.45. The van der Waals surface area contributed by atoms with Crippen LogP contribution in [0.3, 0.4) is 0 Å². The Morgan fingerprint density at radius 3 is 2.64 bits per heavy atom. The van der Waals surface area contributed by atoms with Gasteiger partial charge in [0.25, 0.3) is 0 Å². The molecule has 1 atom stereocenters. The summed E-state index contributed by atoms with van der Waals surface area (Å²) in [5.74, 6) is 0.0161. The number of benzene rings is 2. The van der Waals surface area contributed by atoms with Gasteiger partial charge >= 0.3 is 5.97 Å². The molecule has 9 nitrogen and oxygen atoms in total. The highest BCUT2D eigenvalue weighted by atomic mass is 32.2. The fourth-order valence-electron chi connectivity index (χ4n) is 4.68. The second-order valence-corrected chi connectivity index (χ2v) is 10.5. The van der Waals surface area contributed by atoms with Crippen molar-refractivity contribution < 1.29 is 23.8 Å². The summed E-state index contributed by atoms with van der Waals surface area (Å²) < 4.78 is 16.8. The number of carbonyl (C=O) groups is 2. The molecule has 0 saturated carbocycles. The van der Waals surface area contributed by atoms with Gasteiger partial charge in [-0.05, 0) is 47.7 Å². The van der Waals surface area contributed by atoms with E-state index in [1.807, 2.05) is 83.1 Å². The maximum Gasteiger partial charge on any atom is 0.338 e. The van der Waals surface area contributed by atoms with E-state index in [0.29, 0.717) is 35.3 Å². The van der Waals surface area contributed by atoms with Crippen LogP contribution >= 0.6 is 11.8 Å². The molecule has 0 fully saturated rings. The van der Waals surface area contributed by atoms with Crippen LogP contribution in [0.4, 0.5) is 0 Å². The minimum Gasteiger partial charge on any atom is -0.489 e. The Morgan fingerprint density at radius 2 is 1.86 bits per heavy atom. The quantitative estimate of drug-likeness (QED) is 0.231. The SMILES string of the molecule is COCCOC(=O)C1=C(C)N=C2SC=C(CC(=O)NCc3ccccn3)N2C1c1cccc(OCc2ccccc2)c1. The number of allylic oxidation sites excluding steroid dienone is 1. The third-order valence-electron chi connectivity index (χ3n) is 6.70. The van der Waals surface area contributed by atoms with Crippen molar-refractivity contribution in [3.63, 3.8) is 0 Å². The molecule has 1 N–H and O–H groups in total. The normalized spacial score (nSPS) is 16.0. The Labute approximate surface area is 249 Å². The number of pyridine rings is 1. The molecule has 2 aliphatic heterocycles. The number of hydrogen-bond acceptors (Lipinski definition) is 9. The number of thioether (sulfide) groups is 1. The summed E-state index contributed by atoms with van der Waals surface area (Å²) >= 11 is 1.42. The van der Waals surface area contributed by atoms with Gasteiger partial charge in [-0.15, -0.1) is 0 Å². The molecule has 3 aromatic rings. The zero-order chi connectivity index (χ0) is 29.3. The van der Waals surface area contributed by atoms with Crippen molar-refractivity contribution in [2.24, 2.45) is 4.99 Å². The van der Waals surface area contributed by atoms with Gasteiger partial charge in [0.1, 0.15) is 19.0 Å². The summed E-state index contributed by atoms with van der Waals surface area (Å²) in [4.78, 5) is 37.4. The van der Waals surface area contributed by atoms with E-state index >= 15 is 0 Å². The van der Waals surface area contributed by atoms with Crippen molar-refractivity contribution in [3.8, 4) is 5.75 Å². The van der Waals surface area contributed by atoms with Crippen LogP contribution in [0, 0.1) is 0 Å². The number of aromatic nitrogens is 1. The number of amides is 1. The van der Waals surface area contributed by atoms with E-state index in [1.54, 1.807) is 20.2 Å². The van der Waals surface area contributed by atoms with E-state index < -0.39 is 12.0 Å². The van der Waals surface area contributed by atoms with Crippen LogP contribution < -0.4 is 10.1 Å². The van der Waals surface area contributed by atoms with Gasteiger partial charge in [-0.2, -0.15) is 0 Å². The van der Waals surface area contributed by atoms with Crippen LogP contribution in [0.5, 0.6) is 5.75 Å². The smallest absolute Gasteiger partial charge is 0.338 e. The molecule has 0 aliphatic carbocycles. The van der Waals surface area contributed by atoms with Gasteiger partial charge in [0.15, 0.2) is 5.17 Å². The van der Waals surface area contributed by atoms with Gasteiger partial charge in [0, 0.05) is 19.0 Å². The highest BCUT2D eigenvalue weighted by Gasteiger charge is 2.41. The van der Waals surface area contributed by atoms with Crippen LogP contribution in [-0.2, 0) is 32.2 Å². The zero-order valence-corrected chi connectivity index (χ0v) is 24.3. The van der Waals surface area contributed by atoms with E-state index in [1.165, 1.54) is 11.8 Å². The number of amidine groups is 1. The summed E-state index contributed by atoms with van der Waals surface area (Å²) in [5, 5.41) is 5.54. The van der Waals surface area contributed by atoms with Crippen molar-refractivity contribution in [2.75, 3.05) is 20.3 Å². The molecular formula is C32H32N4O5S. The molecule has 3 heterocycles. The Kier molecular flexibility index (Phi) is 9.68. The monoisotopic (exact) mass is 584 g/mol. The number of ether oxygens (including phenoxy) is 3. The largest absolute Gasteiger partial charge is 0.489 e. The fraction of sp³-hybridized carbons (Fsp3) is 0.250. The number of nitrogens with one attached hydrogen (secondary N) is 1. The third-order valence-corrected chi connectivity index (χ3v) is 7.59.